The summed E-state index contributed by atoms with van der Waals surface area (Å²) in [5.74, 6) is -0.0237. The number of pyridine rings is 1. The van der Waals surface area contributed by atoms with Crippen molar-refractivity contribution in [1.82, 2.24) is 4.98 Å². The van der Waals surface area contributed by atoms with E-state index in [1.807, 2.05) is 48.5 Å². The largest absolute Gasteiger partial charge is 0.369 e. The van der Waals surface area contributed by atoms with Crippen LogP contribution in [0.3, 0.4) is 0 Å². The number of carbonyl (C=O) groups excluding carboxylic acids is 1. The predicted octanol–water partition coefficient (Wildman–Crippen LogP) is 2.18. The summed E-state index contributed by atoms with van der Waals surface area (Å²) < 4.78 is 5.29. The highest BCUT2D eigenvalue weighted by Crippen LogP contribution is 2.39. The Bertz CT molecular complexity index is 571. The summed E-state index contributed by atoms with van der Waals surface area (Å²) in [7, 11) is 1.56. The second-order valence-corrected chi connectivity index (χ2v) is 4.40. The van der Waals surface area contributed by atoms with Crippen LogP contribution >= 0.6 is 0 Å². The molecule has 1 aromatic heterocycles. The topological polar surface area (TPSA) is 42.4 Å². The number of anilines is 1. The Balaban J connectivity index is 1.98. The van der Waals surface area contributed by atoms with E-state index in [1.54, 1.807) is 18.2 Å². The van der Waals surface area contributed by atoms with Crippen LogP contribution in [0.2, 0.25) is 0 Å². The van der Waals surface area contributed by atoms with Crippen molar-refractivity contribution in [1.29, 1.82) is 0 Å². The van der Waals surface area contributed by atoms with E-state index in [4.69, 9.17) is 4.74 Å². The summed E-state index contributed by atoms with van der Waals surface area (Å²) in [5.41, 5.74) is 1.72. The Morgan fingerprint density at radius 1 is 1.11 bits per heavy atom. The molecule has 0 unspecified atom stereocenters. The summed E-state index contributed by atoms with van der Waals surface area (Å²) in [4.78, 5) is 18.2. The molecule has 0 radical (unpaired) electrons. The van der Waals surface area contributed by atoms with Crippen LogP contribution in [0.4, 0.5) is 5.69 Å². The zero-order valence-electron chi connectivity index (χ0n) is 10.6. The van der Waals surface area contributed by atoms with E-state index in [-0.39, 0.29) is 11.9 Å². The first-order chi connectivity index (χ1) is 9.33. The van der Waals surface area contributed by atoms with Crippen LogP contribution in [-0.2, 0) is 9.53 Å². The second kappa shape index (κ2) is 4.82. The molecule has 0 bridgehead atoms. The van der Waals surface area contributed by atoms with Gasteiger partial charge in [-0.25, -0.2) is 0 Å². The lowest BCUT2D eigenvalue weighted by Gasteiger charge is -2.45. The van der Waals surface area contributed by atoms with E-state index in [0.717, 1.165) is 11.4 Å². The lowest BCUT2D eigenvalue weighted by molar-refractivity contribution is -0.139. The molecule has 3 rings (SSSR count). The number of benzene rings is 1. The molecule has 0 saturated carbocycles. The van der Waals surface area contributed by atoms with Gasteiger partial charge in [0.05, 0.1) is 5.69 Å². The molecule has 2 heterocycles. The minimum absolute atomic E-state index is 0.0237. The van der Waals surface area contributed by atoms with Gasteiger partial charge in [0.2, 0.25) is 0 Å². The van der Waals surface area contributed by atoms with Crippen LogP contribution in [0, 0.1) is 0 Å². The molecular formula is C15H14N2O2. The third-order valence-electron chi connectivity index (χ3n) is 3.32. The van der Waals surface area contributed by atoms with Crippen molar-refractivity contribution in [3.05, 3.63) is 60.4 Å². The van der Waals surface area contributed by atoms with Gasteiger partial charge in [0.1, 0.15) is 6.04 Å². The molecule has 1 saturated heterocycles. The van der Waals surface area contributed by atoms with Crippen LogP contribution in [0.5, 0.6) is 0 Å². The van der Waals surface area contributed by atoms with Crippen LogP contribution in [0.15, 0.2) is 54.7 Å². The quantitative estimate of drug-likeness (QED) is 0.788. The molecule has 1 aliphatic rings. The highest BCUT2D eigenvalue weighted by atomic mass is 16.5. The normalized spacial score (nSPS) is 22.2. The van der Waals surface area contributed by atoms with Crippen molar-refractivity contribution in [2.75, 3.05) is 12.0 Å². The number of carbonyl (C=O) groups is 1. The smallest absolute Gasteiger partial charge is 0.259 e. The predicted molar refractivity (Wildman–Crippen MR) is 71.7 cm³/mol. The van der Waals surface area contributed by atoms with Gasteiger partial charge in [-0.1, -0.05) is 24.3 Å². The lowest BCUT2D eigenvalue weighted by atomic mass is 9.93. The van der Waals surface area contributed by atoms with Gasteiger partial charge in [0.15, 0.2) is 6.10 Å². The van der Waals surface area contributed by atoms with Gasteiger partial charge >= 0.3 is 0 Å². The van der Waals surface area contributed by atoms with Crippen LogP contribution in [0.25, 0.3) is 0 Å². The number of methoxy groups -OCH3 is 1. The second-order valence-electron chi connectivity index (χ2n) is 4.40. The first-order valence-electron chi connectivity index (χ1n) is 6.15. The van der Waals surface area contributed by atoms with Crippen molar-refractivity contribution in [2.45, 2.75) is 12.1 Å². The van der Waals surface area contributed by atoms with Gasteiger partial charge in [-0.05, 0) is 24.3 Å². The Morgan fingerprint density at radius 3 is 2.47 bits per heavy atom. The molecule has 1 aliphatic heterocycles. The fourth-order valence-electron chi connectivity index (χ4n) is 2.41. The van der Waals surface area contributed by atoms with Crippen molar-refractivity contribution in [3.63, 3.8) is 0 Å². The zero-order valence-corrected chi connectivity index (χ0v) is 10.6. The van der Waals surface area contributed by atoms with Gasteiger partial charge < -0.3 is 4.74 Å². The number of nitrogens with zero attached hydrogens (tertiary/aromatic N) is 2. The van der Waals surface area contributed by atoms with Crippen LogP contribution in [-0.4, -0.2) is 24.1 Å². The van der Waals surface area contributed by atoms with E-state index < -0.39 is 6.10 Å². The fourth-order valence-corrected chi connectivity index (χ4v) is 2.41. The van der Waals surface area contributed by atoms with E-state index in [9.17, 15) is 4.79 Å². The maximum absolute atomic E-state index is 12.2. The van der Waals surface area contributed by atoms with Crippen molar-refractivity contribution in [2.24, 2.45) is 0 Å². The Kier molecular flexibility index (Phi) is 3.01. The number of β-lactam (4-membered cyclic amide) rings is 1. The van der Waals surface area contributed by atoms with Gasteiger partial charge in [-0.15, -0.1) is 0 Å². The Labute approximate surface area is 111 Å². The van der Waals surface area contributed by atoms with Crippen LogP contribution in [0.1, 0.15) is 11.7 Å². The lowest BCUT2D eigenvalue weighted by Crippen LogP contribution is -2.60. The first-order valence-corrected chi connectivity index (χ1v) is 6.15. The van der Waals surface area contributed by atoms with E-state index >= 15 is 0 Å². The van der Waals surface area contributed by atoms with Crippen molar-refractivity contribution in [3.8, 4) is 0 Å². The summed E-state index contributed by atoms with van der Waals surface area (Å²) >= 11 is 0. The maximum atomic E-state index is 12.2. The molecule has 96 valence electrons. The molecule has 4 nitrogen and oxygen atoms in total. The standard InChI is InChI=1S/C15H14N2O2/c1-19-14-13(12-9-5-6-10-16-12)17(15(14)18)11-7-3-2-4-8-11/h2-10,13-14H,1H3/t13-,14+/m0/s1. The zero-order chi connectivity index (χ0) is 13.2. The summed E-state index contributed by atoms with van der Waals surface area (Å²) in [6, 6.07) is 15.1. The SMILES string of the molecule is CO[C@H]1C(=O)N(c2ccccc2)[C@H]1c1ccccn1. The molecular weight excluding hydrogens is 240 g/mol. The maximum Gasteiger partial charge on any atom is 0.259 e. The average molecular weight is 254 g/mol. The minimum atomic E-state index is -0.449. The number of para-hydroxylation sites is 1. The third-order valence-corrected chi connectivity index (χ3v) is 3.32. The number of amides is 1. The van der Waals surface area contributed by atoms with Gasteiger partial charge in [-0.2, -0.15) is 0 Å². The molecule has 0 spiro atoms. The Hall–Kier alpha value is -2.20. The minimum Gasteiger partial charge on any atom is -0.369 e. The van der Waals surface area contributed by atoms with E-state index in [1.165, 1.54) is 0 Å². The molecule has 4 heteroatoms. The van der Waals surface area contributed by atoms with E-state index in [0.29, 0.717) is 0 Å². The van der Waals surface area contributed by atoms with Gasteiger partial charge in [-0.3, -0.25) is 14.7 Å². The van der Waals surface area contributed by atoms with Crippen molar-refractivity contribution >= 4 is 11.6 Å². The average Bonchev–Trinajstić information content (AvgIpc) is 2.47. The number of hydrogen-bond donors (Lipinski definition) is 0. The van der Waals surface area contributed by atoms with Gasteiger partial charge in [0.25, 0.3) is 5.91 Å². The van der Waals surface area contributed by atoms with Crippen molar-refractivity contribution < 1.29 is 9.53 Å². The number of hydrogen-bond acceptors (Lipinski definition) is 3. The van der Waals surface area contributed by atoms with Crippen LogP contribution < -0.4 is 4.90 Å². The monoisotopic (exact) mass is 254 g/mol. The first kappa shape index (κ1) is 11.9. The highest BCUT2D eigenvalue weighted by Gasteiger charge is 2.50. The number of rotatable bonds is 3. The molecule has 0 N–H and O–H groups in total. The third kappa shape index (κ3) is 1.90. The summed E-state index contributed by atoms with van der Waals surface area (Å²) in [6.07, 6.45) is 1.28. The van der Waals surface area contributed by atoms with Gasteiger partial charge in [0, 0.05) is 19.0 Å². The molecule has 1 aromatic carbocycles. The summed E-state index contributed by atoms with van der Waals surface area (Å²) in [5, 5.41) is 0. The number of ether oxygens (including phenoxy) is 1. The molecule has 1 amide bonds. The fraction of sp³-hybridized carbons (Fsp3) is 0.200. The highest BCUT2D eigenvalue weighted by molar-refractivity contribution is 6.04. The molecule has 2 aromatic rings. The Morgan fingerprint density at radius 2 is 1.84 bits per heavy atom. The number of aromatic nitrogens is 1. The van der Waals surface area contributed by atoms with E-state index in [2.05, 4.69) is 4.98 Å². The summed E-state index contributed by atoms with van der Waals surface area (Å²) in [6.45, 7) is 0. The molecule has 2 atom stereocenters. The molecule has 1 fully saturated rings. The molecule has 0 aliphatic carbocycles. The molecule has 19 heavy (non-hydrogen) atoms.